The first-order chi connectivity index (χ1) is 14.6. The number of nitrogens with one attached hydrogen (secondary N) is 1. The van der Waals surface area contributed by atoms with Crippen molar-refractivity contribution in [1.29, 1.82) is 0 Å². The van der Waals surface area contributed by atoms with Gasteiger partial charge in [-0.2, -0.15) is 0 Å². The smallest absolute Gasteiger partial charge is 0.330 e. The van der Waals surface area contributed by atoms with Gasteiger partial charge in [-0.05, 0) is 36.8 Å². The summed E-state index contributed by atoms with van der Waals surface area (Å²) in [4.78, 5) is 26.8. The fourth-order valence-corrected chi connectivity index (χ4v) is 4.33. The molecule has 3 aromatic rings. The van der Waals surface area contributed by atoms with Gasteiger partial charge in [0, 0.05) is 29.6 Å². The maximum absolute atomic E-state index is 12.7. The van der Waals surface area contributed by atoms with E-state index in [0.717, 1.165) is 19.4 Å². The number of carbonyl (C=O) groups is 2. The van der Waals surface area contributed by atoms with Gasteiger partial charge in [-0.3, -0.25) is 4.79 Å². The zero-order valence-electron chi connectivity index (χ0n) is 17.0. The first-order valence-corrected chi connectivity index (χ1v) is 10.4. The molecule has 2 N–H and O–H groups in total. The van der Waals surface area contributed by atoms with Crippen molar-refractivity contribution in [2.75, 3.05) is 11.4 Å². The van der Waals surface area contributed by atoms with Crippen LogP contribution in [0.2, 0.25) is 0 Å². The summed E-state index contributed by atoms with van der Waals surface area (Å²) in [5, 5.41) is 14.7. The van der Waals surface area contributed by atoms with Gasteiger partial charge in [0.15, 0.2) is 6.04 Å². The Hall–Kier alpha value is -3.34. The van der Waals surface area contributed by atoms with Gasteiger partial charge in [0.25, 0.3) is 0 Å². The Balaban J connectivity index is 1.44. The summed E-state index contributed by atoms with van der Waals surface area (Å²) in [6, 6.07) is 22.7. The lowest BCUT2D eigenvalue weighted by Gasteiger charge is -2.43. The molecule has 5 heteroatoms. The lowest BCUT2D eigenvalue weighted by Crippen LogP contribution is -2.51. The van der Waals surface area contributed by atoms with Crippen molar-refractivity contribution in [3.05, 3.63) is 78.4 Å². The Morgan fingerprint density at radius 2 is 1.67 bits per heavy atom. The molecule has 1 atom stereocenters. The highest BCUT2D eigenvalue weighted by Crippen LogP contribution is 2.37. The summed E-state index contributed by atoms with van der Waals surface area (Å²) in [7, 11) is 0. The average Bonchev–Trinajstić information content (AvgIpc) is 2.74. The van der Waals surface area contributed by atoms with E-state index in [1.807, 2.05) is 18.2 Å². The van der Waals surface area contributed by atoms with Crippen LogP contribution in [0.15, 0.2) is 72.8 Å². The molecule has 1 fully saturated rings. The van der Waals surface area contributed by atoms with Gasteiger partial charge in [-0.1, -0.05) is 66.7 Å². The maximum atomic E-state index is 12.7. The molecule has 0 saturated heterocycles. The van der Waals surface area contributed by atoms with Gasteiger partial charge in [0.1, 0.15) is 0 Å². The Morgan fingerprint density at radius 1 is 1.00 bits per heavy atom. The fraction of sp³-hybridized carbons (Fsp3) is 0.280. The van der Waals surface area contributed by atoms with E-state index in [0.29, 0.717) is 5.56 Å². The predicted molar refractivity (Wildman–Crippen MR) is 118 cm³/mol. The number of amides is 1. The maximum Gasteiger partial charge on any atom is 0.330 e. The van der Waals surface area contributed by atoms with E-state index < -0.39 is 12.0 Å². The molecular weight excluding hydrogens is 376 g/mol. The van der Waals surface area contributed by atoms with Crippen LogP contribution in [0.1, 0.15) is 31.4 Å². The number of hydrogen-bond acceptors (Lipinski definition) is 3. The molecule has 3 aromatic carbocycles. The molecule has 5 nitrogen and oxygen atoms in total. The molecule has 0 radical (unpaired) electrons. The molecule has 0 aromatic heterocycles. The standard InChI is InChI=1S/C25H26N2O3/c1-2-27(22-14-8-12-17-9-6-7-13-21(17)22)20-15-19(16-20)24(28)26-23(25(29)30)18-10-4-3-5-11-18/h3-14,19-20,23H,2,15-16H2,1H3,(H,26,28)(H,29,30). The minimum absolute atomic E-state index is 0.162. The Morgan fingerprint density at radius 3 is 2.37 bits per heavy atom. The molecule has 0 bridgehead atoms. The molecule has 1 aliphatic carbocycles. The number of rotatable bonds is 7. The largest absolute Gasteiger partial charge is 0.479 e. The fourth-order valence-electron chi connectivity index (χ4n) is 4.33. The van der Waals surface area contributed by atoms with Crippen LogP contribution in [-0.2, 0) is 9.59 Å². The Bertz CT molecular complexity index is 1040. The van der Waals surface area contributed by atoms with Gasteiger partial charge in [-0.15, -0.1) is 0 Å². The van der Waals surface area contributed by atoms with Crippen molar-refractivity contribution in [2.45, 2.75) is 31.8 Å². The third-order valence-electron chi connectivity index (χ3n) is 6.01. The van der Waals surface area contributed by atoms with Gasteiger partial charge in [-0.25, -0.2) is 4.79 Å². The molecule has 1 saturated carbocycles. The van der Waals surface area contributed by atoms with Crippen molar-refractivity contribution >= 4 is 28.3 Å². The highest BCUT2D eigenvalue weighted by atomic mass is 16.4. The number of nitrogens with zero attached hydrogens (tertiary/aromatic N) is 1. The number of carboxylic acids is 1. The second kappa shape index (κ2) is 8.57. The molecule has 154 valence electrons. The number of fused-ring (bicyclic) bond motifs is 1. The van der Waals surface area contributed by atoms with E-state index in [4.69, 9.17) is 0 Å². The zero-order valence-corrected chi connectivity index (χ0v) is 17.0. The molecule has 1 unspecified atom stereocenters. The number of hydrogen-bond donors (Lipinski definition) is 2. The number of anilines is 1. The highest BCUT2D eigenvalue weighted by molar-refractivity contribution is 5.94. The molecule has 1 amide bonds. The number of carbonyl (C=O) groups excluding carboxylic acids is 1. The van der Waals surface area contributed by atoms with Crippen LogP contribution >= 0.6 is 0 Å². The van der Waals surface area contributed by atoms with Gasteiger partial charge in [0.05, 0.1) is 0 Å². The molecule has 0 aliphatic heterocycles. The molecule has 30 heavy (non-hydrogen) atoms. The quantitative estimate of drug-likeness (QED) is 0.615. The van der Waals surface area contributed by atoms with Gasteiger partial charge < -0.3 is 15.3 Å². The monoisotopic (exact) mass is 402 g/mol. The zero-order chi connectivity index (χ0) is 21.1. The summed E-state index contributed by atoms with van der Waals surface area (Å²) < 4.78 is 0. The summed E-state index contributed by atoms with van der Waals surface area (Å²) in [6.07, 6.45) is 1.45. The average molecular weight is 402 g/mol. The third kappa shape index (κ3) is 3.88. The lowest BCUT2D eigenvalue weighted by molar-refractivity contribution is -0.143. The molecule has 0 heterocycles. The Labute approximate surface area is 176 Å². The second-order valence-electron chi connectivity index (χ2n) is 7.80. The minimum Gasteiger partial charge on any atom is -0.479 e. The van der Waals surface area contributed by atoms with Crippen LogP contribution in [0.25, 0.3) is 10.8 Å². The molecule has 4 rings (SSSR count). The molecule has 1 aliphatic rings. The minimum atomic E-state index is -1.05. The van der Waals surface area contributed by atoms with Crippen molar-refractivity contribution < 1.29 is 14.7 Å². The molecular formula is C25H26N2O3. The topological polar surface area (TPSA) is 69.6 Å². The predicted octanol–water partition coefficient (Wildman–Crippen LogP) is 4.39. The van der Waals surface area contributed by atoms with E-state index >= 15 is 0 Å². The van der Waals surface area contributed by atoms with Crippen molar-refractivity contribution in [1.82, 2.24) is 5.32 Å². The van der Waals surface area contributed by atoms with E-state index in [1.165, 1.54) is 16.5 Å². The number of benzene rings is 3. The van der Waals surface area contributed by atoms with Crippen molar-refractivity contribution in [2.24, 2.45) is 5.92 Å². The van der Waals surface area contributed by atoms with E-state index in [9.17, 15) is 14.7 Å². The number of aliphatic carboxylic acids is 1. The van der Waals surface area contributed by atoms with Crippen LogP contribution in [-0.4, -0.2) is 29.6 Å². The summed E-state index contributed by atoms with van der Waals surface area (Å²) >= 11 is 0. The first-order valence-electron chi connectivity index (χ1n) is 10.4. The van der Waals surface area contributed by atoms with E-state index in [2.05, 4.69) is 47.5 Å². The van der Waals surface area contributed by atoms with Crippen LogP contribution in [0, 0.1) is 5.92 Å². The van der Waals surface area contributed by atoms with Crippen molar-refractivity contribution in [3.8, 4) is 0 Å². The van der Waals surface area contributed by atoms with Crippen LogP contribution in [0.5, 0.6) is 0 Å². The number of carboxylic acid groups (broad SMARTS) is 1. The van der Waals surface area contributed by atoms with Crippen LogP contribution < -0.4 is 10.2 Å². The van der Waals surface area contributed by atoms with E-state index in [1.54, 1.807) is 24.3 Å². The second-order valence-corrected chi connectivity index (χ2v) is 7.80. The van der Waals surface area contributed by atoms with E-state index in [-0.39, 0.29) is 17.9 Å². The summed E-state index contributed by atoms with van der Waals surface area (Å²) in [5.41, 5.74) is 1.77. The highest BCUT2D eigenvalue weighted by Gasteiger charge is 2.39. The SMILES string of the molecule is CCN(c1cccc2ccccc12)C1CC(C(=O)NC(C(=O)O)c2ccccc2)C1. The Kier molecular flexibility index (Phi) is 5.70. The van der Waals surface area contributed by atoms with Crippen molar-refractivity contribution in [3.63, 3.8) is 0 Å². The summed E-state index contributed by atoms with van der Waals surface area (Å²) in [5.74, 6) is -1.39. The molecule has 0 spiro atoms. The normalized spacial score (nSPS) is 19.0. The van der Waals surface area contributed by atoms with Crippen LogP contribution in [0.3, 0.4) is 0 Å². The van der Waals surface area contributed by atoms with Crippen LogP contribution in [0.4, 0.5) is 5.69 Å². The third-order valence-corrected chi connectivity index (χ3v) is 6.01. The first kappa shape index (κ1) is 20.0. The lowest BCUT2D eigenvalue weighted by atomic mass is 9.78. The summed E-state index contributed by atoms with van der Waals surface area (Å²) in [6.45, 7) is 2.99. The van der Waals surface area contributed by atoms with Gasteiger partial charge in [0.2, 0.25) is 5.91 Å². The van der Waals surface area contributed by atoms with Gasteiger partial charge >= 0.3 is 5.97 Å².